The van der Waals surface area contributed by atoms with Crippen molar-refractivity contribution in [3.05, 3.63) is 108 Å². The Morgan fingerprint density at radius 3 is 1.18 bits per heavy atom. The van der Waals surface area contributed by atoms with E-state index in [4.69, 9.17) is 14.2 Å². The summed E-state index contributed by atoms with van der Waals surface area (Å²) in [6.07, 6.45) is 0. The average Bonchev–Trinajstić information content (AvgIpc) is 2.92. The van der Waals surface area contributed by atoms with Crippen molar-refractivity contribution in [2.24, 2.45) is 0 Å². The van der Waals surface area contributed by atoms with Crippen molar-refractivity contribution in [1.82, 2.24) is 0 Å². The van der Waals surface area contributed by atoms with Crippen molar-refractivity contribution >= 4 is 27.0 Å². The summed E-state index contributed by atoms with van der Waals surface area (Å²) in [5, 5.41) is 0. The molecule has 8 nitrogen and oxygen atoms in total. The largest absolute Gasteiger partial charge is 0.523 e. The molecule has 0 bridgehead atoms. The molecule has 38 heavy (non-hydrogen) atoms. The minimum atomic E-state index is -6.47. The van der Waals surface area contributed by atoms with Gasteiger partial charge in [-0.25, -0.2) is 4.18 Å². The highest BCUT2D eigenvalue weighted by atomic mass is 32.2. The zero-order valence-corrected chi connectivity index (χ0v) is 22.1. The van der Waals surface area contributed by atoms with Gasteiger partial charge in [0.1, 0.15) is 0 Å². The summed E-state index contributed by atoms with van der Waals surface area (Å²) in [6.45, 7) is -1.51. The molecule has 0 aliphatic heterocycles. The molecule has 1 atom stereocenters. The minimum absolute atomic E-state index is 0.344. The molecule has 0 amide bonds. The Hall–Kier alpha value is -2.56. The third-order valence-corrected chi connectivity index (χ3v) is 7.85. The lowest BCUT2D eigenvalue weighted by Crippen LogP contribution is -2.55. The first-order chi connectivity index (χ1) is 18.1. The van der Waals surface area contributed by atoms with Gasteiger partial charge in [-0.15, -0.1) is 0 Å². The standard InChI is InChI=1S/C24H21F3O8P2S/c25-24(26,27)38(30,31)35-23(37-29,34-18-21-14-8-3-9-15-21)22(36-28,32-16-19-10-4-1-5-11-19)33-17-20-12-6-2-7-13-20/h1-15H,16-18H2. The van der Waals surface area contributed by atoms with Gasteiger partial charge in [-0.1, -0.05) is 91.0 Å². The molecule has 0 saturated carbocycles. The summed E-state index contributed by atoms with van der Waals surface area (Å²) in [5.41, 5.74) is -11.1. The highest BCUT2D eigenvalue weighted by Crippen LogP contribution is 2.51. The number of rotatable bonds is 14. The number of hydrogen-bond donors (Lipinski definition) is 0. The molecule has 3 aromatic rings. The Kier molecular flexibility index (Phi) is 10.3. The molecule has 0 fully saturated rings. The summed E-state index contributed by atoms with van der Waals surface area (Å²) >= 11 is 0. The van der Waals surface area contributed by atoms with Crippen LogP contribution in [0.15, 0.2) is 91.0 Å². The molecule has 0 saturated heterocycles. The molecule has 202 valence electrons. The van der Waals surface area contributed by atoms with Crippen LogP contribution in [0.25, 0.3) is 0 Å². The minimum Gasteiger partial charge on any atom is -0.331 e. The van der Waals surface area contributed by atoms with Crippen LogP contribution >= 0.6 is 16.9 Å². The molecule has 0 aliphatic carbocycles. The van der Waals surface area contributed by atoms with E-state index in [1.807, 2.05) is 0 Å². The van der Waals surface area contributed by atoms with Gasteiger partial charge in [-0.2, -0.15) is 21.6 Å². The van der Waals surface area contributed by atoms with E-state index in [1.165, 1.54) is 12.1 Å². The lowest BCUT2D eigenvalue weighted by atomic mass is 10.2. The van der Waals surface area contributed by atoms with Crippen LogP contribution in [-0.4, -0.2) is 25.0 Å². The van der Waals surface area contributed by atoms with Crippen LogP contribution in [0.3, 0.4) is 0 Å². The first-order valence-electron chi connectivity index (χ1n) is 10.8. The lowest BCUT2D eigenvalue weighted by Gasteiger charge is -2.39. The van der Waals surface area contributed by atoms with Gasteiger partial charge in [0.25, 0.3) is 0 Å². The Bertz CT molecular complexity index is 1250. The first kappa shape index (κ1) is 30.0. The topological polar surface area (TPSA) is 105 Å². The SMILES string of the molecule is O=PC(OCc1ccccc1)(OCc1ccccc1)C(OCc1ccccc1)(OS(=O)(=O)C(F)(F)F)P=O. The molecule has 0 aliphatic rings. The second-order valence-electron chi connectivity index (χ2n) is 7.65. The van der Waals surface area contributed by atoms with Gasteiger partial charge in [0.2, 0.25) is 16.9 Å². The summed E-state index contributed by atoms with van der Waals surface area (Å²) in [4.78, 5) is 0. The third-order valence-electron chi connectivity index (χ3n) is 4.98. The zero-order valence-electron chi connectivity index (χ0n) is 19.5. The Balaban J connectivity index is 2.11. The van der Waals surface area contributed by atoms with Crippen LogP contribution in [0.1, 0.15) is 16.7 Å². The summed E-state index contributed by atoms with van der Waals surface area (Å²) in [7, 11) is -9.19. The molecule has 0 heterocycles. The molecule has 14 heteroatoms. The van der Waals surface area contributed by atoms with Crippen molar-refractivity contribution in [3.8, 4) is 0 Å². The van der Waals surface area contributed by atoms with Crippen LogP contribution in [0, 0.1) is 0 Å². The monoisotopic (exact) mass is 588 g/mol. The maximum atomic E-state index is 13.4. The second kappa shape index (κ2) is 13.0. The van der Waals surface area contributed by atoms with Crippen LogP contribution in [-0.2, 0) is 57.5 Å². The maximum Gasteiger partial charge on any atom is 0.523 e. The van der Waals surface area contributed by atoms with Crippen molar-refractivity contribution in [1.29, 1.82) is 0 Å². The van der Waals surface area contributed by atoms with Crippen LogP contribution in [0.2, 0.25) is 0 Å². The fourth-order valence-corrected chi connectivity index (χ4v) is 5.16. The Morgan fingerprint density at radius 2 is 0.895 bits per heavy atom. The molecular weight excluding hydrogens is 567 g/mol. The number of halogens is 3. The van der Waals surface area contributed by atoms with Crippen molar-refractivity contribution in [2.45, 2.75) is 36.4 Å². The van der Waals surface area contributed by atoms with Gasteiger partial charge >= 0.3 is 26.7 Å². The smallest absolute Gasteiger partial charge is 0.331 e. The molecule has 0 spiro atoms. The molecule has 0 N–H and O–H groups in total. The molecule has 1 unspecified atom stereocenters. The predicted molar refractivity (Wildman–Crippen MR) is 130 cm³/mol. The Labute approximate surface area is 220 Å². The third kappa shape index (κ3) is 7.30. The van der Waals surface area contributed by atoms with Crippen molar-refractivity contribution in [2.75, 3.05) is 0 Å². The van der Waals surface area contributed by atoms with Gasteiger partial charge in [0.15, 0.2) is 0 Å². The molecule has 0 aromatic heterocycles. The van der Waals surface area contributed by atoms with Crippen LogP contribution < -0.4 is 0 Å². The number of benzene rings is 3. The Morgan fingerprint density at radius 1 is 0.579 bits per heavy atom. The summed E-state index contributed by atoms with van der Waals surface area (Å²) in [5.74, 6) is 0. The van der Waals surface area contributed by atoms with Gasteiger partial charge in [-0.3, -0.25) is 9.13 Å². The normalized spacial score (nSPS) is 14.4. The van der Waals surface area contributed by atoms with E-state index in [0.29, 0.717) is 16.7 Å². The van der Waals surface area contributed by atoms with E-state index in [2.05, 4.69) is 4.18 Å². The van der Waals surface area contributed by atoms with E-state index in [9.17, 15) is 30.7 Å². The van der Waals surface area contributed by atoms with E-state index < -0.39 is 63.4 Å². The number of alkyl halides is 3. The van der Waals surface area contributed by atoms with Crippen LogP contribution in [0.4, 0.5) is 13.2 Å². The van der Waals surface area contributed by atoms with E-state index in [-0.39, 0.29) is 0 Å². The van der Waals surface area contributed by atoms with Gasteiger partial charge < -0.3 is 14.2 Å². The molecule has 3 aromatic carbocycles. The zero-order chi connectivity index (χ0) is 27.7. The van der Waals surface area contributed by atoms with E-state index >= 15 is 0 Å². The van der Waals surface area contributed by atoms with E-state index in [0.717, 1.165) is 0 Å². The van der Waals surface area contributed by atoms with Gasteiger partial charge in [0, 0.05) is 0 Å². The fraction of sp³-hybridized carbons (Fsp3) is 0.250. The highest BCUT2D eigenvalue weighted by molar-refractivity contribution is 7.87. The van der Waals surface area contributed by atoms with Crippen molar-refractivity contribution < 1.29 is 49.1 Å². The average molecular weight is 588 g/mol. The van der Waals surface area contributed by atoms with Gasteiger partial charge in [-0.05, 0) is 16.7 Å². The van der Waals surface area contributed by atoms with Crippen molar-refractivity contribution in [3.63, 3.8) is 0 Å². The number of hydrogen-bond acceptors (Lipinski definition) is 8. The quantitative estimate of drug-likeness (QED) is 0.0923. The predicted octanol–water partition coefficient (Wildman–Crippen LogP) is 6.39. The molecule has 0 radical (unpaired) electrons. The van der Waals surface area contributed by atoms with Gasteiger partial charge in [0.05, 0.1) is 19.8 Å². The summed E-state index contributed by atoms with van der Waals surface area (Å²) < 4.78 is 111. The second-order valence-corrected chi connectivity index (χ2v) is 10.7. The van der Waals surface area contributed by atoms with Crippen LogP contribution in [0.5, 0.6) is 0 Å². The maximum absolute atomic E-state index is 13.4. The summed E-state index contributed by atoms with van der Waals surface area (Å²) in [6, 6.07) is 24.1. The fourth-order valence-electron chi connectivity index (χ4n) is 3.06. The van der Waals surface area contributed by atoms with E-state index in [1.54, 1.807) is 78.9 Å². The molecular formula is C24H21F3O8P2S. The molecule has 3 rings (SSSR count). The number of ether oxygens (including phenoxy) is 3. The highest BCUT2D eigenvalue weighted by Gasteiger charge is 2.66. The lowest BCUT2D eigenvalue weighted by molar-refractivity contribution is -0.318. The first-order valence-corrected chi connectivity index (χ1v) is 13.8.